The summed E-state index contributed by atoms with van der Waals surface area (Å²) in [5.74, 6) is 0.422. The summed E-state index contributed by atoms with van der Waals surface area (Å²) < 4.78 is 50.0. The van der Waals surface area contributed by atoms with Crippen LogP contribution in [-0.4, -0.2) is 30.4 Å². The molecule has 154 valence electrons. The molecule has 0 saturated heterocycles. The van der Waals surface area contributed by atoms with Gasteiger partial charge in [0.1, 0.15) is 11.1 Å². The number of benzene rings is 1. The Morgan fingerprint density at radius 3 is 2.45 bits per heavy atom. The molecule has 10 heteroatoms. The number of ether oxygens (including phenoxy) is 2. The second kappa shape index (κ2) is 9.05. The third-order valence-corrected chi connectivity index (χ3v) is 4.93. The number of nitrogens with zero attached hydrogens (tertiary/aromatic N) is 2. The Hall–Kier alpha value is -2.93. The molecular formula is C19H18F3N3O3S. The normalized spacial score (nSPS) is 12.1. The summed E-state index contributed by atoms with van der Waals surface area (Å²) in [5.41, 5.74) is -1.14. The Morgan fingerprint density at radius 1 is 1.24 bits per heavy atom. The predicted octanol–water partition coefficient (Wildman–Crippen LogP) is 4.42. The molecule has 0 radical (unpaired) electrons. The molecule has 0 aliphatic heterocycles. The number of methoxy groups -OCH3 is 2. The van der Waals surface area contributed by atoms with E-state index in [1.165, 1.54) is 28.1 Å². The average Bonchev–Trinajstić information content (AvgIpc) is 2.66. The van der Waals surface area contributed by atoms with Gasteiger partial charge in [0.2, 0.25) is 5.91 Å². The van der Waals surface area contributed by atoms with Gasteiger partial charge in [-0.25, -0.2) is 4.98 Å². The van der Waals surface area contributed by atoms with Gasteiger partial charge in [-0.2, -0.15) is 18.4 Å². The molecule has 6 nitrogen and oxygen atoms in total. The summed E-state index contributed by atoms with van der Waals surface area (Å²) in [5, 5.41) is 10.9. The second-order valence-electron chi connectivity index (χ2n) is 5.92. The molecule has 0 saturated carbocycles. The van der Waals surface area contributed by atoms with Crippen LogP contribution in [0.2, 0.25) is 0 Å². The zero-order valence-electron chi connectivity index (χ0n) is 16.0. The van der Waals surface area contributed by atoms with E-state index in [1.54, 1.807) is 24.3 Å². The summed E-state index contributed by atoms with van der Waals surface area (Å²) in [6.45, 7) is 2.91. The van der Waals surface area contributed by atoms with Crippen LogP contribution in [0.5, 0.6) is 11.5 Å². The molecular weight excluding hydrogens is 407 g/mol. The molecule has 0 aliphatic rings. The van der Waals surface area contributed by atoms with Gasteiger partial charge in [-0.1, -0.05) is 11.8 Å². The van der Waals surface area contributed by atoms with Crippen LogP contribution < -0.4 is 14.8 Å². The Labute approximate surface area is 170 Å². The largest absolute Gasteiger partial charge is 0.493 e. The lowest BCUT2D eigenvalue weighted by Gasteiger charge is -2.16. The van der Waals surface area contributed by atoms with Crippen LogP contribution in [-0.2, 0) is 11.0 Å². The standard InChI is InChI=1S/C19H18F3N3O3S/c1-10-7-14(19(20,21)22)13(9-23)18(24-10)29-11(2)17(26)25-12-5-6-15(27-3)16(8-12)28-4/h5-8,11H,1-4H3,(H,25,26). The fourth-order valence-corrected chi connectivity index (χ4v) is 3.41. The van der Waals surface area contributed by atoms with Crippen molar-refractivity contribution in [2.45, 2.75) is 30.3 Å². The molecule has 0 bridgehead atoms. The van der Waals surface area contributed by atoms with E-state index < -0.39 is 28.5 Å². The smallest absolute Gasteiger partial charge is 0.417 e. The molecule has 1 heterocycles. The molecule has 29 heavy (non-hydrogen) atoms. The van der Waals surface area contributed by atoms with Gasteiger partial charge in [0.05, 0.1) is 30.6 Å². The number of hydrogen-bond acceptors (Lipinski definition) is 6. The highest BCUT2D eigenvalue weighted by Gasteiger charge is 2.36. The van der Waals surface area contributed by atoms with Crippen LogP contribution in [0, 0.1) is 18.3 Å². The highest BCUT2D eigenvalue weighted by Crippen LogP contribution is 2.37. The molecule has 2 rings (SSSR count). The highest BCUT2D eigenvalue weighted by molar-refractivity contribution is 8.00. The summed E-state index contributed by atoms with van der Waals surface area (Å²) in [4.78, 5) is 16.5. The third kappa shape index (κ3) is 5.32. The van der Waals surface area contributed by atoms with Crippen LogP contribution >= 0.6 is 11.8 Å². The van der Waals surface area contributed by atoms with E-state index in [0.717, 1.165) is 17.8 Å². The van der Waals surface area contributed by atoms with Gasteiger partial charge >= 0.3 is 6.18 Å². The Kier molecular flexibility index (Phi) is 6.97. The van der Waals surface area contributed by atoms with Gasteiger partial charge in [-0.3, -0.25) is 4.79 Å². The maximum atomic E-state index is 13.2. The van der Waals surface area contributed by atoms with E-state index >= 15 is 0 Å². The van der Waals surface area contributed by atoms with E-state index in [9.17, 15) is 23.2 Å². The van der Waals surface area contributed by atoms with Crippen LogP contribution in [0.1, 0.15) is 23.7 Å². The monoisotopic (exact) mass is 425 g/mol. The van der Waals surface area contributed by atoms with E-state index in [4.69, 9.17) is 9.47 Å². The average molecular weight is 425 g/mol. The Morgan fingerprint density at radius 2 is 1.90 bits per heavy atom. The SMILES string of the molecule is COc1ccc(NC(=O)C(C)Sc2nc(C)cc(C(F)(F)F)c2C#N)cc1OC. The van der Waals surface area contributed by atoms with E-state index in [2.05, 4.69) is 10.3 Å². The van der Waals surface area contributed by atoms with Gasteiger partial charge in [0.15, 0.2) is 11.5 Å². The number of nitriles is 1. The number of thioether (sulfide) groups is 1. The number of aromatic nitrogens is 1. The van der Waals surface area contributed by atoms with E-state index in [1.807, 2.05) is 0 Å². The Balaban J connectivity index is 2.24. The fourth-order valence-electron chi connectivity index (χ4n) is 2.44. The first-order chi connectivity index (χ1) is 13.6. The van der Waals surface area contributed by atoms with Crippen molar-refractivity contribution in [3.05, 3.63) is 41.1 Å². The van der Waals surface area contributed by atoms with Crippen molar-refractivity contribution < 1.29 is 27.4 Å². The highest BCUT2D eigenvalue weighted by atomic mass is 32.2. The molecule has 1 aromatic carbocycles. The first kappa shape index (κ1) is 22.4. The number of alkyl halides is 3. The topological polar surface area (TPSA) is 84.2 Å². The second-order valence-corrected chi connectivity index (χ2v) is 7.25. The predicted molar refractivity (Wildman–Crippen MR) is 102 cm³/mol. The Bertz CT molecular complexity index is 958. The van der Waals surface area contributed by atoms with Crippen LogP contribution in [0.4, 0.5) is 18.9 Å². The number of anilines is 1. The summed E-state index contributed by atoms with van der Waals surface area (Å²) in [6, 6.07) is 7.14. The zero-order valence-corrected chi connectivity index (χ0v) is 16.9. The van der Waals surface area contributed by atoms with Crippen molar-refractivity contribution in [3.63, 3.8) is 0 Å². The van der Waals surface area contributed by atoms with Crippen molar-refractivity contribution in [2.75, 3.05) is 19.5 Å². The third-order valence-electron chi connectivity index (χ3n) is 3.84. The van der Waals surface area contributed by atoms with Crippen LogP contribution in [0.25, 0.3) is 0 Å². The molecule has 0 aliphatic carbocycles. The first-order valence-corrected chi connectivity index (χ1v) is 9.17. The lowest BCUT2D eigenvalue weighted by molar-refractivity contribution is -0.138. The first-order valence-electron chi connectivity index (χ1n) is 8.29. The van der Waals surface area contributed by atoms with Gasteiger partial charge < -0.3 is 14.8 Å². The van der Waals surface area contributed by atoms with Crippen LogP contribution in [0.3, 0.4) is 0 Å². The molecule has 1 amide bonds. The minimum Gasteiger partial charge on any atom is -0.493 e. The summed E-state index contributed by atoms with van der Waals surface area (Å²) in [7, 11) is 2.93. The molecule has 0 spiro atoms. The number of carbonyl (C=O) groups is 1. The fraction of sp³-hybridized carbons (Fsp3) is 0.316. The molecule has 2 aromatic rings. The van der Waals surface area contributed by atoms with Crippen molar-refractivity contribution in [2.24, 2.45) is 0 Å². The minimum absolute atomic E-state index is 0.103. The lowest BCUT2D eigenvalue weighted by atomic mass is 10.1. The van der Waals surface area contributed by atoms with E-state index in [0.29, 0.717) is 17.2 Å². The quantitative estimate of drug-likeness (QED) is 0.690. The lowest BCUT2D eigenvalue weighted by Crippen LogP contribution is -2.23. The number of nitrogens with one attached hydrogen (secondary N) is 1. The zero-order chi connectivity index (χ0) is 21.8. The molecule has 1 aromatic heterocycles. The minimum atomic E-state index is -4.70. The molecule has 1 N–H and O–H groups in total. The number of pyridine rings is 1. The number of carbonyl (C=O) groups excluding carboxylic acids is 1. The maximum Gasteiger partial charge on any atom is 0.417 e. The van der Waals surface area contributed by atoms with Crippen molar-refractivity contribution in [3.8, 4) is 17.6 Å². The summed E-state index contributed by atoms with van der Waals surface area (Å²) >= 11 is 0.783. The van der Waals surface area contributed by atoms with Crippen molar-refractivity contribution >= 4 is 23.4 Å². The number of amides is 1. The number of halogens is 3. The number of rotatable bonds is 6. The molecule has 1 atom stereocenters. The van der Waals surface area contributed by atoms with Gasteiger partial charge in [0.25, 0.3) is 0 Å². The number of hydrogen-bond donors (Lipinski definition) is 1. The van der Waals surface area contributed by atoms with Crippen molar-refractivity contribution in [1.29, 1.82) is 5.26 Å². The molecule has 0 fully saturated rings. The number of aryl methyl sites for hydroxylation is 1. The maximum absolute atomic E-state index is 13.2. The van der Waals surface area contributed by atoms with Crippen molar-refractivity contribution in [1.82, 2.24) is 4.98 Å². The van der Waals surface area contributed by atoms with Gasteiger partial charge in [-0.05, 0) is 32.0 Å². The summed E-state index contributed by atoms with van der Waals surface area (Å²) in [6.07, 6.45) is -4.70. The van der Waals surface area contributed by atoms with Gasteiger partial charge in [-0.15, -0.1) is 0 Å². The van der Waals surface area contributed by atoms with Crippen LogP contribution in [0.15, 0.2) is 29.3 Å². The van der Waals surface area contributed by atoms with E-state index in [-0.39, 0.29) is 10.7 Å². The molecule has 1 unspecified atom stereocenters. The van der Waals surface area contributed by atoms with Gasteiger partial charge in [0, 0.05) is 17.4 Å².